The van der Waals surface area contributed by atoms with Crippen LogP contribution in [0.2, 0.25) is 0 Å². The second kappa shape index (κ2) is 8.86. The molecule has 0 radical (unpaired) electrons. The van der Waals surface area contributed by atoms with Gasteiger partial charge in [-0.3, -0.25) is 4.79 Å². The molecule has 4 aliphatic carbocycles. The summed E-state index contributed by atoms with van der Waals surface area (Å²) in [6.07, 6.45) is 17.2. The Morgan fingerprint density at radius 3 is 2.55 bits per heavy atom. The largest absolute Gasteiger partial charge is 0.462 e. The average molecular weight is 429 g/mol. The molecule has 4 aliphatic rings. The van der Waals surface area contributed by atoms with Crippen LogP contribution in [0.25, 0.3) is 0 Å². The summed E-state index contributed by atoms with van der Waals surface area (Å²) in [6.45, 7) is 14.1. The molecule has 2 heteroatoms. The zero-order valence-corrected chi connectivity index (χ0v) is 21.2. The summed E-state index contributed by atoms with van der Waals surface area (Å²) in [5.41, 5.74) is 2.53. The van der Waals surface area contributed by atoms with E-state index in [1.165, 1.54) is 57.8 Å². The van der Waals surface area contributed by atoms with Crippen molar-refractivity contribution in [2.75, 3.05) is 0 Å². The highest BCUT2D eigenvalue weighted by atomic mass is 16.5. The number of hydrogen-bond acceptors (Lipinski definition) is 2. The number of fused-ring (bicyclic) bond motifs is 5. The van der Waals surface area contributed by atoms with Crippen molar-refractivity contribution in [2.24, 2.45) is 46.3 Å². The average Bonchev–Trinajstić information content (AvgIpc) is 3.05. The fourth-order valence-corrected chi connectivity index (χ4v) is 8.99. The minimum Gasteiger partial charge on any atom is -0.462 e. The van der Waals surface area contributed by atoms with E-state index < -0.39 is 0 Å². The summed E-state index contributed by atoms with van der Waals surface area (Å²) in [4.78, 5) is 11.5. The summed E-state index contributed by atoms with van der Waals surface area (Å²) in [6, 6.07) is 0. The van der Waals surface area contributed by atoms with Gasteiger partial charge in [0.1, 0.15) is 6.10 Å². The fourth-order valence-electron chi connectivity index (χ4n) is 8.99. The molecule has 0 aromatic carbocycles. The van der Waals surface area contributed by atoms with E-state index in [0.29, 0.717) is 10.8 Å². The van der Waals surface area contributed by atoms with Gasteiger partial charge < -0.3 is 4.74 Å². The Morgan fingerprint density at radius 2 is 1.84 bits per heavy atom. The molecule has 0 bridgehead atoms. The van der Waals surface area contributed by atoms with Gasteiger partial charge in [0.2, 0.25) is 0 Å². The second-order valence-corrected chi connectivity index (χ2v) is 12.8. The van der Waals surface area contributed by atoms with E-state index in [0.717, 1.165) is 48.3 Å². The van der Waals surface area contributed by atoms with Crippen LogP contribution >= 0.6 is 0 Å². The maximum Gasteiger partial charge on any atom is 0.302 e. The molecule has 0 aromatic heterocycles. The fraction of sp³-hybridized carbons (Fsp3) is 0.897. The minimum absolute atomic E-state index is 0.115. The first-order chi connectivity index (χ1) is 14.6. The Bertz CT molecular complexity index is 693. The smallest absolute Gasteiger partial charge is 0.302 e. The Hall–Kier alpha value is -0.790. The first kappa shape index (κ1) is 23.4. The predicted octanol–water partition coefficient (Wildman–Crippen LogP) is 7.96. The number of hydrogen-bond donors (Lipinski definition) is 0. The van der Waals surface area contributed by atoms with Gasteiger partial charge in [-0.15, -0.1) is 0 Å². The van der Waals surface area contributed by atoms with Crippen molar-refractivity contribution < 1.29 is 9.53 Å². The monoisotopic (exact) mass is 428 g/mol. The Morgan fingerprint density at radius 1 is 1.06 bits per heavy atom. The Labute approximate surface area is 192 Å². The van der Waals surface area contributed by atoms with Crippen LogP contribution in [0.5, 0.6) is 0 Å². The molecule has 0 aliphatic heterocycles. The first-order valence-electron chi connectivity index (χ1n) is 13.5. The maximum atomic E-state index is 11.5. The zero-order chi connectivity index (χ0) is 22.4. The molecular weight excluding hydrogens is 380 g/mol. The Balaban J connectivity index is 1.47. The van der Waals surface area contributed by atoms with E-state index in [2.05, 4.69) is 40.7 Å². The third-order valence-electron chi connectivity index (χ3n) is 10.6. The van der Waals surface area contributed by atoms with Gasteiger partial charge in [0.25, 0.3) is 0 Å². The number of allylic oxidation sites excluding steroid dienone is 1. The molecule has 2 nitrogen and oxygen atoms in total. The van der Waals surface area contributed by atoms with Crippen LogP contribution in [0, 0.1) is 46.3 Å². The van der Waals surface area contributed by atoms with Crippen LogP contribution in [-0.2, 0) is 9.53 Å². The molecule has 0 saturated heterocycles. The van der Waals surface area contributed by atoms with Crippen LogP contribution < -0.4 is 0 Å². The SMILES string of the molecule is CC(=O)OC1CC[C@@]2(C)C(=CCC3C4CCC(C(C)CCCC(C)C)[C@@]4(C)CCC32)C1. The maximum absolute atomic E-state index is 11.5. The van der Waals surface area contributed by atoms with Crippen LogP contribution in [0.1, 0.15) is 112 Å². The van der Waals surface area contributed by atoms with E-state index in [9.17, 15) is 4.79 Å². The van der Waals surface area contributed by atoms with Gasteiger partial charge in [0.15, 0.2) is 0 Å². The van der Waals surface area contributed by atoms with E-state index in [1.807, 2.05) is 0 Å². The molecule has 4 rings (SSSR count). The van der Waals surface area contributed by atoms with E-state index in [4.69, 9.17) is 4.74 Å². The van der Waals surface area contributed by atoms with Crippen molar-refractivity contribution in [3.05, 3.63) is 11.6 Å². The van der Waals surface area contributed by atoms with Gasteiger partial charge in [-0.2, -0.15) is 0 Å². The van der Waals surface area contributed by atoms with Crippen molar-refractivity contribution in [2.45, 2.75) is 118 Å². The summed E-state index contributed by atoms with van der Waals surface area (Å²) >= 11 is 0. The lowest BCUT2D eigenvalue weighted by molar-refractivity contribution is -0.148. The topological polar surface area (TPSA) is 26.3 Å². The number of rotatable bonds is 6. The number of carbonyl (C=O) groups is 1. The highest BCUT2D eigenvalue weighted by molar-refractivity contribution is 5.66. The highest BCUT2D eigenvalue weighted by Crippen LogP contribution is 2.67. The quantitative estimate of drug-likeness (QED) is 0.317. The molecule has 6 unspecified atom stereocenters. The molecule has 0 aromatic rings. The van der Waals surface area contributed by atoms with Gasteiger partial charge in [0, 0.05) is 13.3 Å². The number of carbonyl (C=O) groups excluding carboxylic acids is 1. The first-order valence-corrected chi connectivity index (χ1v) is 13.5. The molecule has 3 saturated carbocycles. The molecule has 3 fully saturated rings. The normalized spacial score (nSPS) is 42.9. The summed E-state index contributed by atoms with van der Waals surface area (Å²) < 4.78 is 5.61. The van der Waals surface area contributed by atoms with Crippen LogP contribution in [0.3, 0.4) is 0 Å². The van der Waals surface area contributed by atoms with Gasteiger partial charge in [0.05, 0.1) is 0 Å². The molecule has 0 N–H and O–H groups in total. The summed E-state index contributed by atoms with van der Waals surface area (Å²) in [5.74, 6) is 5.19. The van der Waals surface area contributed by atoms with Crippen molar-refractivity contribution in [1.82, 2.24) is 0 Å². The molecule has 0 amide bonds. The highest BCUT2D eigenvalue weighted by Gasteiger charge is 2.59. The van der Waals surface area contributed by atoms with Crippen molar-refractivity contribution >= 4 is 5.97 Å². The molecular formula is C29H48O2. The lowest BCUT2D eigenvalue weighted by Crippen LogP contribution is -2.51. The van der Waals surface area contributed by atoms with Crippen molar-refractivity contribution in [1.29, 1.82) is 0 Å². The summed E-state index contributed by atoms with van der Waals surface area (Å²) in [7, 11) is 0. The van der Waals surface area contributed by atoms with Crippen LogP contribution in [0.15, 0.2) is 11.6 Å². The van der Waals surface area contributed by atoms with Gasteiger partial charge in [-0.05, 0) is 91.3 Å². The van der Waals surface area contributed by atoms with E-state index in [1.54, 1.807) is 12.5 Å². The number of esters is 1. The van der Waals surface area contributed by atoms with Crippen LogP contribution in [-0.4, -0.2) is 12.1 Å². The summed E-state index contributed by atoms with van der Waals surface area (Å²) in [5, 5.41) is 0. The standard InChI is InChI=1S/C29H48O2/c1-19(2)8-7-9-20(3)25-12-13-26-24-11-10-22-18-23(31-21(4)30)14-16-28(22,5)27(24)15-17-29(25,26)6/h10,19-20,23-27H,7-9,11-18H2,1-6H3/t20?,23?,24?,25?,26?,27?,28-,29+/m0/s1. The zero-order valence-electron chi connectivity index (χ0n) is 21.2. The molecule has 176 valence electrons. The predicted molar refractivity (Wildman–Crippen MR) is 129 cm³/mol. The third-order valence-corrected chi connectivity index (χ3v) is 10.6. The van der Waals surface area contributed by atoms with Crippen molar-refractivity contribution in [3.8, 4) is 0 Å². The Kier molecular flexibility index (Phi) is 6.68. The third kappa shape index (κ3) is 4.26. The molecule has 0 spiro atoms. The van der Waals surface area contributed by atoms with Gasteiger partial charge in [-0.25, -0.2) is 0 Å². The minimum atomic E-state index is -0.115. The number of ether oxygens (including phenoxy) is 1. The second-order valence-electron chi connectivity index (χ2n) is 12.8. The van der Waals surface area contributed by atoms with Crippen LogP contribution in [0.4, 0.5) is 0 Å². The molecule has 8 atom stereocenters. The van der Waals surface area contributed by atoms with E-state index in [-0.39, 0.29) is 12.1 Å². The lowest BCUT2D eigenvalue weighted by Gasteiger charge is -2.58. The van der Waals surface area contributed by atoms with E-state index >= 15 is 0 Å². The van der Waals surface area contributed by atoms with Gasteiger partial charge >= 0.3 is 5.97 Å². The van der Waals surface area contributed by atoms with Crippen molar-refractivity contribution in [3.63, 3.8) is 0 Å². The molecule has 0 heterocycles. The van der Waals surface area contributed by atoms with Gasteiger partial charge in [-0.1, -0.05) is 65.5 Å². The lowest BCUT2D eigenvalue weighted by atomic mass is 9.47. The molecule has 31 heavy (non-hydrogen) atoms.